The Kier molecular flexibility index (Phi) is 4.41. The summed E-state index contributed by atoms with van der Waals surface area (Å²) in [5.41, 5.74) is 0.172. The van der Waals surface area contributed by atoms with E-state index in [0.29, 0.717) is 12.1 Å². The molecule has 0 saturated heterocycles. The number of hydrogen-bond donors (Lipinski definition) is 1. The van der Waals surface area contributed by atoms with Crippen LogP contribution in [0.3, 0.4) is 0 Å². The number of nitro benzene ring substituents is 1. The van der Waals surface area contributed by atoms with Crippen molar-refractivity contribution < 1.29 is 9.31 Å². The van der Waals surface area contributed by atoms with Gasteiger partial charge in [0.15, 0.2) is 0 Å². The standard InChI is InChI=1S/C13H15FN4O2/c1-10(8-17-5-4-15-9-17)16-7-11-2-3-13(18(19)20)12(14)6-11/h2-6,9-10,16H,7-8H2,1H3. The number of benzene rings is 1. The molecule has 0 aliphatic heterocycles. The maximum atomic E-state index is 13.4. The van der Waals surface area contributed by atoms with Crippen molar-refractivity contribution in [3.63, 3.8) is 0 Å². The first kappa shape index (κ1) is 14.1. The molecule has 2 aromatic rings. The first-order chi connectivity index (χ1) is 9.56. The Labute approximate surface area is 115 Å². The van der Waals surface area contributed by atoms with Gasteiger partial charge in [-0.1, -0.05) is 6.07 Å². The first-order valence-electron chi connectivity index (χ1n) is 6.18. The zero-order valence-electron chi connectivity index (χ0n) is 11.0. The van der Waals surface area contributed by atoms with Crippen molar-refractivity contribution >= 4 is 5.69 Å². The van der Waals surface area contributed by atoms with Crippen molar-refractivity contribution in [2.75, 3.05) is 0 Å². The molecule has 1 heterocycles. The molecule has 0 fully saturated rings. The van der Waals surface area contributed by atoms with E-state index in [2.05, 4.69) is 10.3 Å². The minimum Gasteiger partial charge on any atom is -0.336 e. The Morgan fingerprint density at radius 2 is 2.35 bits per heavy atom. The smallest absolute Gasteiger partial charge is 0.304 e. The lowest BCUT2D eigenvalue weighted by Crippen LogP contribution is -2.29. The molecule has 1 N–H and O–H groups in total. The molecule has 2 rings (SSSR count). The minimum atomic E-state index is -0.809. The maximum absolute atomic E-state index is 13.4. The first-order valence-corrected chi connectivity index (χ1v) is 6.18. The molecule has 1 unspecified atom stereocenters. The number of nitro groups is 1. The van der Waals surface area contributed by atoms with Crippen molar-refractivity contribution in [2.45, 2.75) is 26.1 Å². The molecule has 1 aromatic heterocycles. The predicted octanol–water partition coefficient (Wildman–Crippen LogP) is 2.11. The molecule has 0 spiro atoms. The normalized spacial score (nSPS) is 12.3. The maximum Gasteiger partial charge on any atom is 0.304 e. The van der Waals surface area contributed by atoms with Gasteiger partial charge in [-0.15, -0.1) is 0 Å². The van der Waals surface area contributed by atoms with Crippen LogP contribution in [0.2, 0.25) is 0 Å². The summed E-state index contributed by atoms with van der Waals surface area (Å²) in [5, 5.41) is 13.7. The van der Waals surface area contributed by atoms with E-state index in [1.54, 1.807) is 18.6 Å². The highest BCUT2D eigenvalue weighted by molar-refractivity contribution is 5.34. The van der Waals surface area contributed by atoms with Crippen molar-refractivity contribution in [3.8, 4) is 0 Å². The van der Waals surface area contributed by atoms with Gasteiger partial charge in [0.25, 0.3) is 0 Å². The van der Waals surface area contributed by atoms with Gasteiger partial charge in [0.2, 0.25) is 5.82 Å². The minimum absolute atomic E-state index is 0.169. The lowest BCUT2D eigenvalue weighted by Gasteiger charge is -2.14. The second kappa shape index (κ2) is 6.25. The molecule has 1 atom stereocenters. The van der Waals surface area contributed by atoms with E-state index < -0.39 is 16.4 Å². The molecule has 6 nitrogen and oxygen atoms in total. The van der Waals surface area contributed by atoms with Gasteiger partial charge in [-0.05, 0) is 18.6 Å². The highest BCUT2D eigenvalue weighted by atomic mass is 19.1. The Balaban J connectivity index is 1.90. The van der Waals surface area contributed by atoms with E-state index in [-0.39, 0.29) is 6.04 Å². The van der Waals surface area contributed by atoms with Crippen molar-refractivity contribution in [2.24, 2.45) is 0 Å². The molecule has 1 aromatic carbocycles. The monoisotopic (exact) mass is 278 g/mol. The van der Waals surface area contributed by atoms with Gasteiger partial charge in [-0.3, -0.25) is 10.1 Å². The average Bonchev–Trinajstić information content (AvgIpc) is 2.89. The van der Waals surface area contributed by atoms with Crippen molar-refractivity contribution in [1.29, 1.82) is 0 Å². The van der Waals surface area contributed by atoms with Gasteiger partial charge in [0, 0.05) is 37.6 Å². The summed E-state index contributed by atoms with van der Waals surface area (Å²) in [4.78, 5) is 13.7. The van der Waals surface area contributed by atoms with E-state index in [0.717, 1.165) is 6.54 Å². The fourth-order valence-electron chi connectivity index (χ4n) is 1.88. The summed E-state index contributed by atoms with van der Waals surface area (Å²) in [5.74, 6) is -0.809. The number of nitrogens with zero attached hydrogens (tertiary/aromatic N) is 3. The van der Waals surface area contributed by atoms with Crippen molar-refractivity contribution in [1.82, 2.24) is 14.9 Å². The van der Waals surface area contributed by atoms with Gasteiger partial charge in [-0.2, -0.15) is 4.39 Å². The van der Waals surface area contributed by atoms with E-state index in [1.807, 2.05) is 17.7 Å². The van der Waals surface area contributed by atoms with Crippen LogP contribution in [0.1, 0.15) is 12.5 Å². The molecule has 0 saturated carbocycles. The van der Waals surface area contributed by atoms with E-state index in [1.165, 1.54) is 12.1 Å². The third-order valence-corrected chi connectivity index (χ3v) is 2.91. The van der Waals surface area contributed by atoms with Gasteiger partial charge in [0.05, 0.1) is 11.3 Å². The fraction of sp³-hybridized carbons (Fsp3) is 0.308. The summed E-state index contributed by atoms with van der Waals surface area (Å²) < 4.78 is 15.4. The molecule has 0 aliphatic rings. The van der Waals surface area contributed by atoms with E-state index in [4.69, 9.17) is 0 Å². The topological polar surface area (TPSA) is 73.0 Å². The summed E-state index contributed by atoms with van der Waals surface area (Å²) in [6.07, 6.45) is 5.30. The Hall–Kier alpha value is -2.28. The number of hydrogen-bond acceptors (Lipinski definition) is 4. The highest BCUT2D eigenvalue weighted by Gasteiger charge is 2.13. The summed E-state index contributed by atoms with van der Waals surface area (Å²) in [7, 11) is 0. The molecule has 20 heavy (non-hydrogen) atoms. The molecule has 0 amide bonds. The van der Waals surface area contributed by atoms with Crippen LogP contribution >= 0.6 is 0 Å². The van der Waals surface area contributed by atoms with Crippen LogP contribution in [0.15, 0.2) is 36.9 Å². The zero-order chi connectivity index (χ0) is 14.5. The number of nitrogens with one attached hydrogen (secondary N) is 1. The zero-order valence-corrected chi connectivity index (χ0v) is 11.0. The summed E-state index contributed by atoms with van der Waals surface area (Å²) >= 11 is 0. The predicted molar refractivity (Wildman–Crippen MR) is 71.6 cm³/mol. The highest BCUT2D eigenvalue weighted by Crippen LogP contribution is 2.17. The Morgan fingerprint density at radius 3 is 2.95 bits per heavy atom. The molecule has 0 radical (unpaired) electrons. The molecule has 106 valence electrons. The largest absolute Gasteiger partial charge is 0.336 e. The van der Waals surface area contributed by atoms with Crippen LogP contribution < -0.4 is 5.32 Å². The van der Waals surface area contributed by atoms with Crippen molar-refractivity contribution in [3.05, 3.63) is 58.4 Å². The third kappa shape index (κ3) is 3.61. The Bertz CT molecular complexity index is 586. The van der Waals surface area contributed by atoms with Gasteiger partial charge in [0.1, 0.15) is 0 Å². The number of rotatable bonds is 6. The van der Waals surface area contributed by atoms with Crippen LogP contribution in [-0.4, -0.2) is 20.5 Å². The molecule has 0 aliphatic carbocycles. The second-order valence-corrected chi connectivity index (χ2v) is 4.58. The summed E-state index contributed by atoms with van der Waals surface area (Å²) in [6, 6.07) is 4.10. The number of halogens is 1. The number of aromatic nitrogens is 2. The third-order valence-electron chi connectivity index (χ3n) is 2.91. The SMILES string of the molecule is CC(Cn1ccnc1)NCc1ccc([N+](=O)[O-])c(F)c1. The molecular formula is C13H15FN4O2. The lowest BCUT2D eigenvalue weighted by molar-refractivity contribution is -0.387. The van der Waals surface area contributed by atoms with E-state index >= 15 is 0 Å². The fourth-order valence-corrected chi connectivity index (χ4v) is 1.88. The van der Waals surface area contributed by atoms with Gasteiger partial charge < -0.3 is 9.88 Å². The second-order valence-electron chi connectivity index (χ2n) is 4.58. The molecule has 7 heteroatoms. The molecule has 0 bridgehead atoms. The quantitative estimate of drug-likeness (QED) is 0.648. The molecular weight excluding hydrogens is 263 g/mol. The van der Waals surface area contributed by atoms with E-state index in [9.17, 15) is 14.5 Å². The Morgan fingerprint density at radius 1 is 1.55 bits per heavy atom. The average molecular weight is 278 g/mol. The van der Waals surface area contributed by atoms with Gasteiger partial charge >= 0.3 is 5.69 Å². The van der Waals surface area contributed by atoms with Crippen LogP contribution in [0.5, 0.6) is 0 Å². The van der Waals surface area contributed by atoms with Crippen LogP contribution in [-0.2, 0) is 13.1 Å². The van der Waals surface area contributed by atoms with Gasteiger partial charge in [-0.25, -0.2) is 4.98 Å². The van der Waals surface area contributed by atoms with Crippen LogP contribution in [0.4, 0.5) is 10.1 Å². The van der Waals surface area contributed by atoms with Crippen LogP contribution in [0, 0.1) is 15.9 Å². The summed E-state index contributed by atoms with van der Waals surface area (Å²) in [6.45, 7) is 3.20. The van der Waals surface area contributed by atoms with Crippen LogP contribution in [0.25, 0.3) is 0 Å². The lowest BCUT2D eigenvalue weighted by atomic mass is 10.2. The number of imidazole rings is 1.